The first-order valence-corrected chi connectivity index (χ1v) is 16.0. The number of amides is 1. The molecule has 0 bridgehead atoms. The minimum Gasteiger partial charge on any atom is -0.394 e. The van der Waals surface area contributed by atoms with Crippen molar-refractivity contribution in [1.82, 2.24) is 16.2 Å². The zero-order valence-electron chi connectivity index (χ0n) is 27.7. The molecule has 1 unspecified atom stereocenters. The SMILES string of the molecule is CNNCc1ccc(C(=O)NC(C)C)cc1.OC[C@H]1O[C@@H](O[C@H]2[C@H](O)[C@@H](O)[C@H](O[C@H]3[C@H](O)[C@@H](O)C(O)O[C@@H]3CO)O[C@@H]2CO)[C@H](O)[C@@H](O)[C@@H]1O. The van der Waals surface area contributed by atoms with Gasteiger partial charge in [-0.3, -0.25) is 15.6 Å². The first-order chi connectivity index (χ1) is 23.7. The summed E-state index contributed by atoms with van der Waals surface area (Å²) in [7, 11) is 1.82. The Hall–Kier alpha value is -2.03. The Morgan fingerprint density at radius 1 is 0.680 bits per heavy atom. The third-order valence-electron chi connectivity index (χ3n) is 8.20. The van der Waals surface area contributed by atoms with E-state index in [0.29, 0.717) is 5.56 Å². The number of ether oxygens (including phenoxy) is 5. The monoisotopic (exact) mass is 725 g/mol. The lowest BCUT2D eigenvalue weighted by Gasteiger charge is -2.47. The summed E-state index contributed by atoms with van der Waals surface area (Å²) in [5.41, 5.74) is 7.68. The van der Waals surface area contributed by atoms with E-state index < -0.39 is 112 Å². The van der Waals surface area contributed by atoms with Crippen LogP contribution in [-0.2, 0) is 30.2 Å². The predicted molar refractivity (Wildman–Crippen MR) is 166 cm³/mol. The van der Waals surface area contributed by atoms with Crippen LogP contribution in [0, 0.1) is 0 Å². The van der Waals surface area contributed by atoms with Gasteiger partial charge in [0.1, 0.15) is 73.2 Å². The van der Waals surface area contributed by atoms with Crippen molar-refractivity contribution < 1.29 is 84.7 Å². The van der Waals surface area contributed by atoms with E-state index in [9.17, 15) is 61.0 Å². The summed E-state index contributed by atoms with van der Waals surface area (Å²) in [6.07, 6.45) is -25.1. The van der Waals surface area contributed by atoms with E-state index in [1.165, 1.54) is 0 Å². The Labute approximate surface area is 287 Å². The van der Waals surface area contributed by atoms with Crippen molar-refractivity contribution in [2.75, 3.05) is 26.9 Å². The molecule has 0 aliphatic carbocycles. The minimum atomic E-state index is -1.91. The Bertz CT molecular complexity index is 1150. The molecule has 3 saturated heterocycles. The lowest BCUT2D eigenvalue weighted by Crippen LogP contribution is -2.66. The third-order valence-corrected chi connectivity index (χ3v) is 8.20. The topological polar surface area (TPSA) is 322 Å². The fourth-order valence-corrected chi connectivity index (χ4v) is 5.37. The van der Waals surface area contributed by atoms with Gasteiger partial charge in [-0.25, -0.2) is 0 Å². The zero-order valence-corrected chi connectivity index (χ0v) is 27.7. The normalized spacial score (nSPS) is 39.1. The highest BCUT2D eigenvalue weighted by Crippen LogP contribution is 2.32. The average molecular weight is 726 g/mol. The van der Waals surface area contributed by atoms with Crippen LogP contribution in [0.15, 0.2) is 24.3 Å². The summed E-state index contributed by atoms with van der Waals surface area (Å²) < 4.78 is 26.4. The van der Waals surface area contributed by atoms with Gasteiger partial charge in [-0.2, -0.15) is 0 Å². The predicted octanol–water partition coefficient (Wildman–Crippen LogP) is -6.52. The van der Waals surface area contributed by atoms with Crippen molar-refractivity contribution in [3.63, 3.8) is 0 Å². The van der Waals surface area contributed by atoms with Gasteiger partial charge < -0.3 is 85.2 Å². The minimum absolute atomic E-state index is 0.0249. The lowest BCUT2D eigenvalue weighted by atomic mass is 9.96. The first kappa shape index (κ1) is 42.4. The van der Waals surface area contributed by atoms with E-state index in [1.807, 2.05) is 45.2 Å². The summed E-state index contributed by atoms with van der Waals surface area (Å²) in [5.74, 6) is -0.0249. The van der Waals surface area contributed by atoms with Gasteiger partial charge in [0.15, 0.2) is 18.9 Å². The number of hydrazine groups is 1. The standard InChI is InChI=1S/C18H32O16.C12H19N3O/c19-1-4-7(22)8(23)12(27)17(31-4)34-15-6(3-21)32-18(13(28)10(15)25)33-14-5(2-20)30-16(29)11(26)9(14)24;1-9(2)15-12(16)11-6-4-10(5-7-11)8-14-13-3/h4-29H,1-3H2;4-7,9,13-14H,8H2,1-3H3,(H,15,16)/t4-,5-,6-,7-,8+,9-,10-,11-,12-,13-,14-,15-,16?,17+,18+;/m1./s1. The number of aliphatic hydroxyl groups excluding tert-OH is 11. The number of aliphatic hydroxyl groups is 11. The molecule has 0 spiro atoms. The average Bonchev–Trinajstić information content (AvgIpc) is 3.10. The third kappa shape index (κ3) is 10.5. The molecular weight excluding hydrogens is 674 g/mol. The number of nitrogens with one attached hydrogen (secondary N) is 3. The van der Waals surface area contributed by atoms with Gasteiger partial charge in [0.2, 0.25) is 0 Å². The number of hydrogen-bond acceptors (Lipinski definition) is 19. The van der Waals surface area contributed by atoms with Crippen LogP contribution in [0.1, 0.15) is 29.8 Å². The molecule has 50 heavy (non-hydrogen) atoms. The van der Waals surface area contributed by atoms with E-state index in [4.69, 9.17) is 23.7 Å². The molecule has 20 nitrogen and oxygen atoms in total. The molecule has 15 atom stereocenters. The van der Waals surface area contributed by atoms with Crippen molar-refractivity contribution in [3.8, 4) is 0 Å². The van der Waals surface area contributed by atoms with Gasteiger partial charge in [-0.1, -0.05) is 12.1 Å². The molecule has 0 radical (unpaired) electrons. The molecule has 0 aromatic heterocycles. The van der Waals surface area contributed by atoms with Gasteiger partial charge in [-0.05, 0) is 38.6 Å². The molecule has 20 heteroatoms. The molecule has 14 N–H and O–H groups in total. The van der Waals surface area contributed by atoms with Crippen LogP contribution in [0.5, 0.6) is 0 Å². The maximum Gasteiger partial charge on any atom is 0.251 e. The van der Waals surface area contributed by atoms with Crippen molar-refractivity contribution in [3.05, 3.63) is 35.4 Å². The maximum atomic E-state index is 11.6. The van der Waals surface area contributed by atoms with Crippen LogP contribution in [0.4, 0.5) is 0 Å². The van der Waals surface area contributed by atoms with E-state index in [-0.39, 0.29) is 11.9 Å². The number of carbonyl (C=O) groups is 1. The highest BCUT2D eigenvalue weighted by atomic mass is 16.8. The molecule has 3 fully saturated rings. The number of rotatable bonds is 12. The van der Waals surface area contributed by atoms with Crippen molar-refractivity contribution in [2.24, 2.45) is 0 Å². The molecule has 1 amide bonds. The second-order valence-corrected chi connectivity index (χ2v) is 12.3. The zero-order chi connectivity index (χ0) is 37.3. The molecule has 288 valence electrons. The molecule has 1 aromatic rings. The van der Waals surface area contributed by atoms with Crippen LogP contribution in [0.25, 0.3) is 0 Å². The molecule has 0 saturated carbocycles. The molecule has 3 aliphatic rings. The molecule has 3 aliphatic heterocycles. The van der Waals surface area contributed by atoms with E-state index in [2.05, 4.69) is 16.2 Å². The highest BCUT2D eigenvalue weighted by Gasteiger charge is 2.53. The van der Waals surface area contributed by atoms with Crippen molar-refractivity contribution in [2.45, 2.75) is 119 Å². The van der Waals surface area contributed by atoms with Crippen LogP contribution in [-0.4, -0.2) is 187 Å². The van der Waals surface area contributed by atoms with E-state index in [0.717, 1.165) is 12.1 Å². The number of benzene rings is 1. The fraction of sp³-hybridized carbons (Fsp3) is 0.767. The van der Waals surface area contributed by atoms with E-state index >= 15 is 0 Å². The quantitative estimate of drug-likeness (QED) is 0.0891. The van der Waals surface area contributed by atoms with Crippen molar-refractivity contribution >= 4 is 5.91 Å². The smallest absolute Gasteiger partial charge is 0.251 e. The summed E-state index contributed by atoms with van der Waals surface area (Å²) in [6, 6.07) is 7.73. The summed E-state index contributed by atoms with van der Waals surface area (Å²) >= 11 is 0. The van der Waals surface area contributed by atoms with Crippen molar-refractivity contribution in [1.29, 1.82) is 0 Å². The maximum absolute atomic E-state index is 11.6. The molecule has 3 heterocycles. The van der Waals surface area contributed by atoms with Gasteiger partial charge >= 0.3 is 0 Å². The molecule has 4 rings (SSSR count). The Balaban J connectivity index is 0.000000354. The Morgan fingerprint density at radius 3 is 1.66 bits per heavy atom. The largest absolute Gasteiger partial charge is 0.394 e. The first-order valence-electron chi connectivity index (χ1n) is 16.0. The van der Waals surface area contributed by atoms with Crippen LogP contribution in [0.2, 0.25) is 0 Å². The summed E-state index contributed by atoms with van der Waals surface area (Å²) in [6.45, 7) is 2.31. The lowest BCUT2D eigenvalue weighted by molar-refractivity contribution is -0.377. The number of carbonyl (C=O) groups excluding carboxylic acids is 1. The summed E-state index contributed by atoms with van der Waals surface area (Å²) in [4.78, 5) is 11.6. The summed E-state index contributed by atoms with van der Waals surface area (Å²) in [5, 5.41) is 112. The van der Waals surface area contributed by atoms with Crippen LogP contribution < -0.4 is 16.2 Å². The van der Waals surface area contributed by atoms with Gasteiger partial charge in [0, 0.05) is 18.2 Å². The van der Waals surface area contributed by atoms with Gasteiger partial charge in [0.25, 0.3) is 5.91 Å². The second kappa shape index (κ2) is 19.7. The second-order valence-electron chi connectivity index (χ2n) is 12.3. The highest BCUT2D eigenvalue weighted by molar-refractivity contribution is 5.94. The van der Waals surface area contributed by atoms with E-state index in [1.54, 1.807) is 0 Å². The fourth-order valence-electron chi connectivity index (χ4n) is 5.37. The molecule has 1 aromatic carbocycles. The molecular formula is C30H51N3O17. The number of hydrogen-bond donors (Lipinski definition) is 14. The Morgan fingerprint density at radius 2 is 1.16 bits per heavy atom. The van der Waals surface area contributed by atoms with Gasteiger partial charge in [-0.15, -0.1) is 0 Å². The van der Waals surface area contributed by atoms with Crippen LogP contribution >= 0.6 is 0 Å². The van der Waals surface area contributed by atoms with Crippen LogP contribution in [0.3, 0.4) is 0 Å². The Kier molecular flexibility index (Phi) is 16.7. The van der Waals surface area contributed by atoms with Gasteiger partial charge in [0.05, 0.1) is 19.8 Å².